The molecule has 2 aromatic rings. The zero-order valence-corrected chi connectivity index (χ0v) is 21.7. The summed E-state index contributed by atoms with van der Waals surface area (Å²) in [6.07, 6.45) is 1.63. The molecule has 0 aliphatic rings. The summed E-state index contributed by atoms with van der Waals surface area (Å²) < 4.78 is 39.2. The van der Waals surface area contributed by atoms with Crippen LogP contribution in [0.2, 0.25) is 10.0 Å². The summed E-state index contributed by atoms with van der Waals surface area (Å²) in [6.45, 7) is 4.57. The molecule has 0 saturated carbocycles. The number of nitrogens with one attached hydrogen (secondary N) is 1. The van der Waals surface area contributed by atoms with Gasteiger partial charge in [0.25, 0.3) is 0 Å². The molecular weight excluding hydrogens is 504 g/mol. The predicted molar refractivity (Wildman–Crippen MR) is 133 cm³/mol. The molecule has 2 atom stereocenters. The Morgan fingerprint density at radius 3 is 2.12 bits per heavy atom. The Balaban J connectivity index is 2.43. The van der Waals surface area contributed by atoms with Crippen molar-refractivity contribution in [2.75, 3.05) is 17.1 Å². The standard InChI is InChI=1S/C23H28Cl2FN3O4S/c1-5-15(2)27-23(31)16(3)28(13-19-20(24)7-6-8-21(19)25)22(30)14-29(34(4,32)33)18-11-9-17(26)10-12-18/h6-12,15-16H,5,13-14H2,1-4H3,(H,27,31)/t15-,16-/m0/s1. The normalized spacial score (nSPS) is 13.1. The fraction of sp³-hybridized carbons (Fsp3) is 0.391. The van der Waals surface area contributed by atoms with E-state index in [1.54, 1.807) is 25.1 Å². The first-order valence-electron chi connectivity index (χ1n) is 10.6. The van der Waals surface area contributed by atoms with E-state index in [0.717, 1.165) is 22.7 Å². The van der Waals surface area contributed by atoms with Crippen LogP contribution in [0.3, 0.4) is 0 Å². The van der Waals surface area contributed by atoms with E-state index < -0.39 is 40.2 Å². The number of benzene rings is 2. The van der Waals surface area contributed by atoms with Gasteiger partial charge in [0.2, 0.25) is 21.8 Å². The lowest BCUT2D eigenvalue weighted by atomic mass is 10.1. The van der Waals surface area contributed by atoms with Crippen LogP contribution in [0, 0.1) is 5.82 Å². The third kappa shape index (κ3) is 7.32. The number of rotatable bonds is 10. The lowest BCUT2D eigenvalue weighted by Gasteiger charge is -2.32. The molecule has 0 saturated heterocycles. The first-order valence-corrected chi connectivity index (χ1v) is 13.2. The minimum atomic E-state index is -3.91. The summed E-state index contributed by atoms with van der Waals surface area (Å²) >= 11 is 12.6. The van der Waals surface area contributed by atoms with Crippen LogP contribution in [-0.4, -0.2) is 50.0 Å². The van der Waals surface area contributed by atoms with Gasteiger partial charge in [-0.05, 0) is 56.7 Å². The molecule has 0 aliphatic carbocycles. The number of sulfonamides is 1. The molecule has 0 aliphatic heterocycles. The number of hydrogen-bond acceptors (Lipinski definition) is 4. The van der Waals surface area contributed by atoms with Gasteiger partial charge in [0.15, 0.2) is 0 Å². The minimum Gasteiger partial charge on any atom is -0.352 e. The van der Waals surface area contributed by atoms with E-state index >= 15 is 0 Å². The number of anilines is 1. The predicted octanol–water partition coefficient (Wildman–Crippen LogP) is 4.23. The first-order chi connectivity index (χ1) is 15.8. The molecule has 11 heteroatoms. The molecule has 186 valence electrons. The van der Waals surface area contributed by atoms with Gasteiger partial charge in [0.05, 0.1) is 11.9 Å². The third-order valence-electron chi connectivity index (χ3n) is 5.35. The number of nitrogens with zero attached hydrogens (tertiary/aromatic N) is 2. The van der Waals surface area contributed by atoms with Gasteiger partial charge in [-0.2, -0.15) is 0 Å². The average molecular weight is 532 g/mol. The van der Waals surface area contributed by atoms with Gasteiger partial charge < -0.3 is 10.2 Å². The van der Waals surface area contributed by atoms with Crippen LogP contribution in [0.4, 0.5) is 10.1 Å². The van der Waals surface area contributed by atoms with E-state index in [0.29, 0.717) is 22.0 Å². The van der Waals surface area contributed by atoms with Crippen molar-refractivity contribution in [3.8, 4) is 0 Å². The molecule has 1 N–H and O–H groups in total. The van der Waals surface area contributed by atoms with Gasteiger partial charge >= 0.3 is 0 Å². The van der Waals surface area contributed by atoms with Gasteiger partial charge in [-0.1, -0.05) is 36.2 Å². The van der Waals surface area contributed by atoms with Crippen molar-refractivity contribution in [3.63, 3.8) is 0 Å². The van der Waals surface area contributed by atoms with Crippen LogP contribution in [0.15, 0.2) is 42.5 Å². The van der Waals surface area contributed by atoms with Gasteiger partial charge in [-0.15, -0.1) is 0 Å². The van der Waals surface area contributed by atoms with E-state index in [1.807, 2.05) is 13.8 Å². The molecule has 0 unspecified atom stereocenters. The van der Waals surface area contributed by atoms with E-state index in [1.165, 1.54) is 17.0 Å². The molecular formula is C23H28Cl2FN3O4S. The summed E-state index contributed by atoms with van der Waals surface area (Å²) in [5.74, 6) is -1.61. The van der Waals surface area contributed by atoms with Crippen LogP contribution < -0.4 is 9.62 Å². The van der Waals surface area contributed by atoms with E-state index in [4.69, 9.17) is 23.2 Å². The Bertz CT molecular complexity index is 1110. The van der Waals surface area contributed by atoms with Crippen molar-refractivity contribution in [3.05, 3.63) is 63.9 Å². The van der Waals surface area contributed by atoms with Gasteiger partial charge in [0, 0.05) is 28.2 Å². The number of hydrogen-bond donors (Lipinski definition) is 1. The summed E-state index contributed by atoms with van der Waals surface area (Å²) in [5, 5.41) is 3.44. The summed E-state index contributed by atoms with van der Waals surface area (Å²) in [4.78, 5) is 27.5. The summed E-state index contributed by atoms with van der Waals surface area (Å²) in [6, 6.07) is 8.51. The van der Waals surface area contributed by atoms with Crippen LogP contribution in [0.25, 0.3) is 0 Å². The Hall–Kier alpha value is -2.36. The Labute approximate surface area is 209 Å². The summed E-state index contributed by atoms with van der Waals surface area (Å²) in [5.41, 5.74) is 0.541. The van der Waals surface area contributed by atoms with Gasteiger partial charge in [0.1, 0.15) is 18.4 Å². The molecule has 0 aromatic heterocycles. The Kier molecular flexibility index (Phi) is 9.73. The van der Waals surface area contributed by atoms with E-state index in [2.05, 4.69) is 5.32 Å². The molecule has 2 rings (SSSR count). The maximum Gasteiger partial charge on any atom is 0.244 e. The van der Waals surface area contributed by atoms with Crippen molar-refractivity contribution in [1.29, 1.82) is 0 Å². The van der Waals surface area contributed by atoms with Crippen molar-refractivity contribution in [1.82, 2.24) is 10.2 Å². The van der Waals surface area contributed by atoms with Crippen molar-refractivity contribution in [2.45, 2.75) is 45.8 Å². The number of halogens is 3. The van der Waals surface area contributed by atoms with Gasteiger partial charge in [-0.25, -0.2) is 12.8 Å². The maximum atomic E-state index is 13.4. The molecule has 0 bridgehead atoms. The number of carbonyl (C=O) groups is 2. The van der Waals surface area contributed by atoms with E-state index in [9.17, 15) is 22.4 Å². The fourth-order valence-electron chi connectivity index (χ4n) is 3.12. The topological polar surface area (TPSA) is 86.8 Å². The highest BCUT2D eigenvalue weighted by atomic mass is 35.5. The van der Waals surface area contributed by atoms with Crippen LogP contribution in [0.1, 0.15) is 32.8 Å². The zero-order valence-electron chi connectivity index (χ0n) is 19.4. The van der Waals surface area contributed by atoms with Crippen molar-refractivity contribution < 1.29 is 22.4 Å². The molecule has 0 fully saturated rings. The maximum absolute atomic E-state index is 13.4. The Morgan fingerprint density at radius 2 is 1.62 bits per heavy atom. The molecule has 0 radical (unpaired) electrons. The minimum absolute atomic E-state index is 0.115. The first kappa shape index (κ1) is 27.9. The third-order valence-corrected chi connectivity index (χ3v) is 7.20. The largest absolute Gasteiger partial charge is 0.352 e. The lowest BCUT2D eigenvalue weighted by Crippen LogP contribution is -2.52. The highest BCUT2D eigenvalue weighted by Crippen LogP contribution is 2.27. The quantitative estimate of drug-likeness (QED) is 0.496. The summed E-state index contributed by atoms with van der Waals surface area (Å²) in [7, 11) is -3.91. The average Bonchev–Trinajstić information content (AvgIpc) is 2.76. The second-order valence-corrected chi connectivity index (χ2v) is 10.7. The molecule has 2 aromatic carbocycles. The fourth-order valence-corrected chi connectivity index (χ4v) is 4.49. The highest BCUT2D eigenvalue weighted by molar-refractivity contribution is 7.92. The molecule has 0 spiro atoms. The van der Waals surface area contributed by atoms with Gasteiger partial charge in [-0.3, -0.25) is 13.9 Å². The number of carbonyl (C=O) groups excluding carboxylic acids is 2. The highest BCUT2D eigenvalue weighted by Gasteiger charge is 2.31. The van der Waals surface area contributed by atoms with Crippen LogP contribution in [0.5, 0.6) is 0 Å². The second kappa shape index (κ2) is 11.9. The molecule has 0 heterocycles. The molecule has 2 amide bonds. The second-order valence-electron chi connectivity index (χ2n) is 7.96. The van der Waals surface area contributed by atoms with Crippen LogP contribution in [-0.2, 0) is 26.2 Å². The lowest BCUT2D eigenvalue weighted by molar-refractivity contribution is -0.139. The molecule has 34 heavy (non-hydrogen) atoms. The van der Waals surface area contributed by atoms with Crippen LogP contribution >= 0.6 is 23.2 Å². The molecule has 7 nitrogen and oxygen atoms in total. The zero-order chi connectivity index (χ0) is 25.6. The number of amides is 2. The monoisotopic (exact) mass is 531 g/mol. The van der Waals surface area contributed by atoms with Crippen molar-refractivity contribution in [2.24, 2.45) is 0 Å². The SMILES string of the molecule is CC[C@H](C)NC(=O)[C@H](C)N(Cc1c(Cl)cccc1Cl)C(=O)CN(c1ccc(F)cc1)S(C)(=O)=O. The smallest absolute Gasteiger partial charge is 0.244 e. The van der Waals surface area contributed by atoms with Crippen molar-refractivity contribution >= 4 is 50.7 Å². The van der Waals surface area contributed by atoms with E-state index in [-0.39, 0.29) is 18.3 Å². The Morgan fingerprint density at radius 1 is 1.06 bits per heavy atom.